The van der Waals surface area contributed by atoms with Gasteiger partial charge in [0.25, 0.3) is 0 Å². The lowest BCUT2D eigenvalue weighted by molar-refractivity contribution is -0.152. The molecular weight excluding hydrogens is 211 g/mol. The van der Waals surface area contributed by atoms with Gasteiger partial charge >= 0.3 is 23.9 Å². The van der Waals surface area contributed by atoms with E-state index in [1.165, 1.54) is 0 Å². The molecule has 0 saturated heterocycles. The van der Waals surface area contributed by atoms with Crippen LogP contribution in [0.3, 0.4) is 0 Å². The van der Waals surface area contributed by atoms with E-state index in [9.17, 15) is 23.6 Å². The zero-order valence-electron chi connectivity index (χ0n) is 7.06. The van der Waals surface area contributed by atoms with Crippen molar-refractivity contribution in [3.63, 3.8) is 0 Å². The number of carbonyl (C=O) groups excluding carboxylic acids is 4. The normalized spacial score (nSPS) is 18.1. The zero-order valence-corrected chi connectivity index (χ0v) is 7.06. The van der Waals surface area contributed by atoms with Crippen molar-refractivity contribution in [3.8, 4) is 0 Å². The fraction of sp³-hybridized carbons (Fsp3) is 0. The van der Waals surface area contributed by atoms with E-state index >= 15 is 0 Å². The van der Waals surface area contributed by atoms with E-state index < -0.39 is 29.7 Å². The Morgan fingerprint density at radius 1 is 0.867 bits per heavy atom. The van der Waals surface area contributed by atoms with Crippen LogP contribution in [-0.4, -0.2) is 23.9 Å². The first kappa shape index (κ1) is 10.8. The van der Waals surface area contributed by atoms with E-state index in [0.29, 0.717) is 6.08 Å². The van der Waals surface area contributed by atoms with Crippen molar-refractivity contribution >= 4 is 23.9 Å². The number of ether oxygens (including phenoxy) is 2. The summed E-state index contributed by atoms with van der Waals surface area (Å²) in [5, 5.41) is 0. The van der Waals surface area contributed by atoms with E-state index in [4.69, 9.17) is 0 Å². The predicted molar refractivity (Wildman–Crippen MR) is 40.5 cm³/mol. The highest BCUT2D eigenvalue weighted by Gasteiger charge is 2.22. The fourth-order valence-corrected chi connectivity index (χ4v) is 0.635. The highest BCUT2D eigenvalue weighted by atomic mass is 19.1. The maximum absolute atomic E-state index is 11.7. The van der Waals surface area contributed by atoms with Gasteiger partial charge in [-0.15, -0.1) is 0 Å². The summed E-state index contributed by atoms with van der Waals surface area (Å²) < 4.78 is 19.4. The average molecular weight is 214 g/mol. The first-order valence-electron chi connectivity index (χ1n) is 3.56. The van der Waals surface area contributed by atoms with Crippen LogP contribution in [0.4, 0.5) is 4.39 Å². The van der Waals surface area contributed by atoms with Gasteiger partial charge in [-0.25, -0.2) is 19.2 Å². The van der Waals surface area contributed by atoms with Gasteiger partial charge in [-0.1, -0.05) is 0 Å². The van der Waals surface area contributed by atoms with Gasteiger partial charge in [0.15, 0.2) is 0 Å². The molecule has 78 valence electrons. The topological polar surface area (TPSA) is 86.7 Å². The molecule has 0 aromatic carbocycles. The molecule has 0 amide bonds. The molecule has 0 atom stereocenters. The van der Waals surface area contributed by atoms with Gasteiger partial charge in [0.05, 0.1) is 6.08 Å². The Labute approximate surface area is 81.9 Å². The van der Waals surface area contributed by atoms with E-state index in [0.717, 1.165) is 12.2 Å². The van der Waals surface area contributed by atoms with Crippen molar-refractivity contribution in [2.75, 3.05) is 0 Å². The number of hydrogen-bond acceptors (Lipinski definition) is 6. The standard InChI is InChI=1S/C4HFO3.C4H2O3/c5-2-1-3(6)8-4(2)7;5-3-1-2-4(6)7-3/h1H;1-2H. The van der Waals surface area contributed by atoms with Crippen molar-refractivity contribution in [2.24, 2.45) is 0 Å². The Morgan fingerprint density at radius 2 is 1.40 bits per heavy atom. The molecule has 7 heteroatoms. The first-order valence-corrected chi connectivity index (χ1v) is 3.56. The number of hydrogen-bond donors (Lipinski definition) is 0. The highest BCUT2D eigenvalue weighted by molar-refractivity contribution is 6.07. The summed E-state index contributed by atoms with van der Waals surface area (Å²) in [6.45, 7) is 0. The van der Waals surface area contributed by atoms with Crippen molar-refractivity contribution in [1.29, 1.82) is 0 Å². The van der Waals surface area contributed by atoms with Gasteiger partial charge < -0.3 is 9.47 Å². The van der Waals surface area contributed by atoms with E-state index in [1.807, 2.05) is 0 Å². The molecule has 2 aliphatic rings. The smallest absolute Gasteiger partial charge is 0.375 e. The molecule has 0 N–H and O–H groups in total. The van der Waals surface area contributed by atoms with Crippen LogP contribution in [0.1, 0.15) is 0 Å². The van der Waals surface area contributed by atoms with Crippen LogP contribution < -0.4 is 0 Å². The second kappa shape index (κ2) is 4.27. The SMILES string of the molecule is O=C1C=C(F)C(=O)O1.O=C1C=CC(=O)O1. The summed E-state index contributed by atoms with van der Waals surface area (Å²) in [5.41, 5.74) is 0. The molecule has 0 saturated carbocycles. The van der Waals surface area contributed by atoms with Gasteiger partial charge in [-0.05, 0) is 0 Å². The summed E-state index contributed by atoms with van der Waals surface area (Å²) in [4.78, 5) is 39.6. The molecule has 0 unspecified atom stereocenters. The van der Waals surface area contributed by atoms with Crippen LogP contribution in [0, 0.1) is 0 Å². The molecule has 0 aromatic heterocycles. The van der Waals surface area contributed by atoms with Crippen molar-refractivity contribution in [2.45, 2.75) is 0 Å². The maximum Gasteiger partial charge on any atom is 0.375 e. The summed E-state index contributed by atoms with van der Waals surface area (Å²) in [6, 6.07) is 0. The van der Waals surface area contributed by atoms with Crippen LogP contribution in [0.15, 0.2) is 24.1 Å². The molecule has 0 aromatic rings. The lowest BCUT2D eigenvalue weighted by Gasteiger charge is -1.81. The lowest BCUT2D eigenvalue weighted by atomic mass is 10.5. The number of rotatable bonds is 0. The molecule has 2 rings (SSSR count). The Hall–Kier alpha value is -2.31. The van der Waals surface area contributed by atoms with Crippen LogP contribution >= 0.6 is 0 Å². The van der Waals surface area contributed by atoms with Gasteiger partial charge in [0, 0.05) is 12.2 Å². The van der Waals surface area contributed by atoms with Gasteiger partial charge in [0.1, 0.15) is 0 Å². The lowest BCUT2D eigenvalue weighted by Crippen LogP contribution is -1.98. The fourth-order valence-electron chi connectivity index (χ4n) is 0.635. The molecule has 2 heterocycles. The molecule has 0 fully saturated rings. The largest absolute Gasteiger partial charge is 0.387 e. The third-order valence-corrected chi connectivity index (χ3v) is 1.19. The molecule has 0 radical (unpaired) electrons. The predicted octanol–water partition coefficient (Wildman–Crippen LogP) is -0.451. The van der Waals surface area contributed by atoms with Crippen molar-refractivity contribution in [1.82, 2.24) is 0 Å². The third kappa shape index (κ3) is 3.14. The minimum absolute atomic E-state index is 0.502. The van der Waals surface area contributed by atoms with Crippen molar-refractivity contribution < 1.29 is 33.0 Å². The Bertz CT molecular complexity index is 389. The Kier molecular flexibility index (Phi) is 3.06. The molecular formula is C8H3FO6. The maximum atomic E-state index is 11.7. The summed E-state index contributed by atoms with van der Waals surface area (Å²) in [7, 11) is 0. The first-order chi connectivity index (χ1) is 6.99. The molecule has 15 heavy (non-hydrogen) atoms. The molecule has 0 spiro atoms. The van der Waals surface area contributed by atoms with Crippen LogP contribution in [0.2, 0.25) is 0 Å². The van der Waals surface area contributed by atoms with E-state index in [-0.39, 0.29) is 0 Å². The molecule has 0 bridgehead atoms. The van der Waals surface area contributed by atoms with Gasteiger partial charge in [-0.3, -0.25) is 0 Å². The Balaban J connectivity index is 0.000000151. The van der Waals surface area contributed by atoms with E-state index in [2.05, 4.69) is 9.47 Å². The third-order valence-electron chi connectivity index (χ3n) is 1.19. The minimum Gasteiger partial charge on any atom is -0.387 e. The summed E-state index contributed by atoms with van der Waals surface area (Å²) in [6.07, 6.45) is 2.67. The molecule has 0 aliphatic carbocycles. The van der Waals surface area contributed by atoms with Crippen LogP contribution in [-0.2, 0) is 28.7 Å². The second-order valence-corrected chi connectivity index (χ2v) is 2.27. The van der Waals surface area contributed by atoms with Crippen LogP contribution in [0.25, 0.3) is 0 Å². The number of cyclic esters (lactones) is 4. The van der Waals surface area contributed by atoms with Gasteiger partial charge in [0.2, 0.25) is 5.83 Å². The second-order valence-electron chi connectivity index (χ2n) is 2.27. The average Bonchev–Trinajstić information content (AvgIpc) is 2.61. The molecule has 6 nitrogen and oxygen atoms in total. The Morgan fingerprint density at radius 3 is 1.53 bits per heavy atom. The van der Waals surface area contributed by atoms with Crippen LogP contribution in [0.5, 0.6) is 0 Å². The number of esters is 4. The highest BCUT2D eigenvalue weighted by Crippen LogP contribution is 2.07. The quantitative estimate of drug-likeness (QED) is 0.401. The summed E-state index contributed by atoms with van der Waals surface area (Å²) >= 11 is 0. The number of carbonyl (C=O) groups is 4. The van der Waals surface area contributed by atoms with E-state index in [1.54, 1.807) is 0 Å². The van der Waals surface area contributed by atoms with Gasteiger partial charge in [-0.2, -0.15) is 4.39 Å². The van der Waals surface area contributed by atoms with Crippen molar-refractivity contribution in [3.05, 3.63) is 24.1 Å². The monoisotopic (exact) mass is 214 g/mol. The minimum atomic E-state index is -1.20. The summed E-state index contributed by atoms with van der Waals surface area (Å²) in [5.74, 6) is -4.42. The zero-order chi connectivity index (χ0) is 11.4. The number of halogens is 1. The molecule has 2 aliphatic heterocycles.